The molecule has 1 aliphatic heterocycles. The Morgan fingerprint density at radius 2 is 2.29 bits per heavy atom. The van der Waals surface area contributed by atoms with Crippen molar-refractivity contribution in [2.24, 2.45) is 0 Å². The Hall–Kier alpha value is -1.68. The molecule has 0 radical (unpaired) electrons. The summed E-state index contributed by atoms with van der Waals surface area (Å²) in [6.07, 6.45) is 4.97. The van der Waals surface area contributed by atoms with Gasteiger partial charge in [0.05, 0.1) is 11.4 Å². The number of anilines is 1. The van der Waals surface area contributed by atoms with Gasteiger partial charge in [-0.1, -0.05) is 0 Å². The van der Waals surface area contributed by atoms with Crippen LogP contribution in [-0.4, -0.2) is 28.0 Å². The summed E-state index contributed by atoms with van der Waals surface area (Å²) in [4.78, 5) is 5.41. The lowest BCUT2D eigenvalue weighted by Gasteiger charge is -2.26. The number of nitrogen functional groups attached to an aromatic ring is 1. The summed E-state index contributed by atoms with van der Waals surface area (Å²) in [6, 6.07) is 4.24. The minimum absolute atomic E-state index is 0.932. The molecule has 0 saturated heterocycles. The van der Waals surface area contributed by atoms with Crippen LogP contribution < -0.4 is 5.73 Å². The normalized spacial score (nSPS) is 16.1. The Morgan fingerprint density at radius 3 is 3.06 bits per heavy atom. The van der Waals surface area contributed by atoms with E-state index in [0.29, 0.717) is 0 Å². The zero-order chi connectivity index (χ0) is 11.8. The predicted molar refractivity (Wildman–Crippen MR) is 68.8 cm³/mol. The van der Waals surface area contributed by atoms with Crippen molar-refractivity contribution < 1.29 is 0 Å². The van der Waals surface area contributed by atoms with Crippen LogP contribution >= 0.6 is 0 Å². The minimum Gasteiger partial charge on any atom is -0.397 e. The van der Waals surface area contributed by atoms with Crippen molar-refractivity contribution in [2.75, 3.05) is 19.3 Å². The third kappa shape index (κ3) is 1.85. The third-order valence-corrected chi connectivity index (χ3v) is 3.50. The van der Waals surface area contributed by atoms with E-state index >= 15 is 0 Å². The monoisotopic (exact) mass is 230 g/mol. The molecule has 3 N–H and O–H groups in total. The summed E-state index contributed by atoms with van der Waals surface area (Å²) >= 11 is 0. The van der Waals surface area contributed by atoms with E-state index in [1.807, 2.05) is 12.4 Å². The molecule has 0 aromatic carbocycles. The highest BCUT2D eigenvalue weighted by atomic mass is 15.2. The molecule has 0 unspecified atom stereocenters. The number of nitrogens with two attached hydrogens (primary N) is 1. The molecule has 0 saturated carbocycles. The summed E-state index contributed by atoms with van der Waals surface area (Å²) in [7, 11) is 2.14. The molecule has 4 nitrogen and oxygen atoms in total. The molecule has 0 bridgehead atoms. The van der Waals surface area contributed by atoms with Crippen molar-refractivity contribution in [3.8, 4) is 0 Å². The second-order valence-electron chi connectivity index (χ2n) is 4.82. The fourth-order valence-electron chi connectivity index (χ4n) is 2.55. The Labute approximate surface area is 101 Å². The SMILES string of the molecule is CN1CCn2c(Cc3cc[nH]c3)cc(N)c2C1. The van der Waals surface area contributed by atoms with E-state index in [1.54, 1.807) is 0 Å². The summed E-state index contributed by atoms with van der Waals surface area (Å²) in [5, 5.41) is 0. The van der Waals surface area contributed by atoms with Crippen LogP contribution in [0.3, 0.4) is 0 Å². The molecule has 17 heavy (non-hydrogen) atoms. The average Bonchev–Trinajstić information content (AvgIpc) is 2.89. The zero-order valence-electron chi connectivity index (χ0n) is 10.1. The van der Waals surface area contributed by atoms with Crippen LogP contribution in [-0.2, 0) is 19.5 Å². The fourth-order valence-corrected chi connectivity index (χ4v) is 2.55. The number of nitrogens with one attached hydrogen (secondary N) is 1. The van der Waals surface area contributed by atoms with Gasteiger partial charge in [-0.15, -0.1) is 0 Å². The van der Waals surface area contributed by atoms with Crippen molar-refractivity contribution >= 4 is 5.69 Å². The predicted octanol–water partition coefficient (Wildman–Crippen LogP) is 1.43. The number of hydrogen-bond acceptors (Lipinski definition) is 2. The van der Waals surface area contributed by atoms with Crippen LogP contribution in [0.1, 0.15) is 17.0 Å². The molecule has 0 amide bonds. The van der Waals surface area contributed by atoms with E-state index in [0.717, 1.165) is 31.7 Å². The molecular weight excluding hydrogens is 212 g/mol. The Kier molecular flexibility index (Phi) is 2.44. The van der Waals surface area contributed by atoms with E-state index in [2.05, 4.69) is 33.6 Å². The number of aromatic nitrogens is 2. The lowest BCUT2D eigenvalue weighted by Crippen LogP contribution is -2.31. The van der Waals surface area contributed by atoms with Crippen molar-refractivity contribution in [3.05, 3.63) is 41.5 Å². The van der Waals surface area contributed by atoms with Crippen LogP contribution in [0, 0.1) is 0 Å². The van der Waals surface area contributed by atoms with Gasteiger partial charge in [-0.2, -0.15) is 0 Å². The number of hydrogen-bond donors (Lipinski definition) is 2. The molecule has 90 valence electrons. The number of aromatic amines is 1. The number of fused-ring (bicyclic) bond motifs is 1. The molecule has 0 aliphatic carbocycles. The van der Waals surface area contributed by atoms with Gasteiger partial charge in [0.15, 0.2) is 0 Å². The molecule has 3 rings (SSSR count). The maximum absolute atomic E-state index is 6.10. The van der Waals surface area contributed by atoms with Crippen molar-refractivity contribution in [3.63, 3.8) is 0 Å². The standard InChI is InChI=1S/C13H18N4/c1-16-4-5-17-11(6-10-2-3-15-8-10)7-12(14)13(17)9-16/h2-3,7-8,15H,4-6,9,14H2,1H3. The van der Waals surface area contributed by atoms with Crippen molar-refractivity contribution in [1.82, 2.24) is 14.5 Å². The smallest absolute Gasteiger partial charge is 0.0552 e. The van der Waals surface area contributed by atoms with Crippen molar-refractivity contribution in [2.45, 2.75) is 19.5 Å². The number of rotatable bonds is 2. The minimum atomic E-state index is 0.932. The summed E-state index contributed by atoms with van der Waals surface area (Å²) in [5.74, 6) is 0. The van der Waals surface area contributed by atoms with Gasteiger partial charge in [-0.3, -0.25) is 4.90 Å². The highest BCUT2D eigenvalue weighted by Gasteiger charge is 2.19. The number of nitrogens with zero attached hydrogens (tertiary/aromatic N) is 2. The van der Waals surface area contributed by atoms with Crippen LogP contribution in [0.5, 0.6) is 0 Å². The number of likely N-dealkylation sites (N-methyl/N-ethyl adjacent to an activating group) is 1. The lowest BCUT2D eigenvalue weighted by atomic mass is 10.2. The van der Waals surface area contributed by atoms with Crippen LogP contribution in [0.25, 0.3) is 0 Å². The summed E-state index contributed by atoms with van der Waals surface area (Å²) < 4.78 is 2.38. The van der Waals surface area contributed by atoms with E-state index in [9.17, 15) is 0 Å². The van der Waals surface area contributed by atoms with Gasteiger partial charge in [-0.25, -0.2) is 0 Å². The molecule has 1 aliphatic rings. The first-order chi connectivity index (χ1) is 8.24. The Morgan fingerprint density at radius 1 is 1.41 bits per heavy atom. The second kappa shape index (κ2) is 3.96. The van der Waals surface area contributed by atoms with Crippen LogP contribution in [0.4, 0.5) is 5.69 Å². The maximum atomic E-state index is 6.10. The molecule has 4 heteroatoms. The first-order valence-electron chi connectivity index (χ1n) is 6.01. The van der Waals surface area contributed by atoms with Gasteiger partial charge in [-0.05, 0) is 24.7 Å². The van der Waals surface area contributed by atoms with Gasteiger partial charge >= 0.3 is 0 Å². The van der Waals surface area contributed by atoms with E-state index in [1.165, 1.54) is 17.0 Å². The highest BCUT2D eigenvalue weighted by Crippen LogP contribution is 2.24. The average molecular weight is 230 g/mol. The largest absolute Gasteiger partial charge is 0.397 e. The van der Waals surface area contributed by atoms with E-state index in [4.69, 9.17) is 5.73 Å². The molecule has 0 spiro atoms. The lowest BCUT2D eigenvalue weighted by molar-refractivity contribution is 0.268. The maximum Gasteiger partial charge on any atom is 0.0552 e. The van der Waals surface area contributed by atoms with Gasteiger partial charge < -0.3 is 15.3 Å². The molecule has 3 heterocycles. The van der Waals surface area contributed by atoms with Gasteiger partial charge in [0.25, 0.3) is 0 Å². The van der Waals surface area contributed by atoms with Gasteiger partial charge in [0, 0.05) is 44.1 Å². The first-order valence-corrected chi connectivity index (χ1v) is 6.01. The molecule has 2 aromatic rings. The molecule has 0 fully saturated rings. The fraction of sp³-hybridized carbons (Fsp3) is 0.385. The first kappa shape index (κ1) is 10.5. The van der Waals surface area contributed by atoms with Gasteiger partial charge in [0.2, 0.25) is 0 Å². The molecule has 0 atom stereocenters. The highest BCUT2D eigenvalue weighted by molar-refractivity contribution is 5.48. The third-order valence-electron chi connectivity index (χ3n) is 3.50. The van der Waals surface area contributed by atoms with Crippen LogP contribution in [0.2, 0.25) is 0 Å². The van der Waals surface area contributed by atoms with Crippen LogP contribution in [0.15, 0.2) is 24.5 Å². The molecule has 2 aromatic heterocycles. The zero-order valence-corrected chi connectivity index (χ0v) is 10.1. The second-order valence-corrected chi connectivity index (χ2v) is 4.82. The van der Waals surface area contributed by atoms with Gasteiger partial charge in [0.1, 0.15) is 0 Å². The topological polar surface area (TPSA) is 50.0 Å². The van der Waals surface area contributed by atoms with Crippen molar-refractivity contribution in [1.29, 1.82) is 0 Å². The Bertz CT molecular complexity index is 510. The number of H-pyrrole nitrogens is 1. The quantitative estimate of drug-likeness (QED) is 0.820. The summed E-state index contributed by atoms with van der Waals surface area (Å²) in [6.45, 7) is 3.10. The summed E-state index contributed by atoms with van der Waals surface area (Å²) in [5.41, 5.74) is 10.9. The van der Waals surface area contributed by atoms with E-state index < -0.39 is 0 Å². The van der Waals surface area contributed by atoms with E-state index in [-0.39, 0.29) is 0 Å². The Balaban J connectivity index is 1.93. The molecular formula is C13H18N4.